The Morgan fingerprint density at radius 2 is 1.77 bits per heavy atom. The molecule has 3 aromatic rings. The molecule has 0 saturated heterocycles. The van der Waals surface area contributed by atoms with Gasteiger partial charge in [-0.2, -0.15) is 0 Å². The molecule has 2 amide bonds. The fraction of sp³-hybridized carbons (Fsp3) is 0.545. The molecule has 2 heterocycles. The van der Waals surface area contributed by atoms with Crippen LogP contribution in [0.25, 0.3) is 10.9 Å². The summed E-state index contributed by atoms with van der Waals surface area (Å²) in [7, 11) is 3.73. The molecule has 0 fully saturated rings. The summed E-state index contributed by atoms with van der Waals surface area (Å²) < 4.78 is 7.69. The highest BCUT2D eigenvalue weighted by atomic mass is 32.1. The number of aromatic nitrogens is 2. The predicted molar refractivity (Wildman–Crippen MR) is 171 cm³/mol. The lowest BCUT2D eigenvalue weighted by Gasteiger charge is -2.34. The van der Waals surface area contributed by atoms with Gasteiger partial charge in [0.25, 0.3) is 5.91 Å². The zero-order chi connectivity index (χ0) is 32.7. The topological polar surface area (TPSA) is 131 Å². The second kappa shape index (κ2) is 15.3. The first-order valence-electron chi connectivity index (χ1n) is 15.1. The number of carboxylic acid groups (broad SMARTS) is 1. The third kappa shape index (κ3) is 9.14. The van der Waals surface area contributed by atoms with E-state index in [9.17, 15) is 24.3 Å². The molecule has 0 saturated carbocycles. The van der Waals surface area contributed by atoms with Gasteiger partial charge in [0.2, 0.25) is 5.91 Å². The monoisotopic (exact) mass is 626 g/mol. The van der Waals surface area contributed by atoms with E-state index in [4.69, 9.17) is 4.74 Å². The first kappa shape index (κ1) is 34.8. The number of fused-ring (bicyclic) bond motifs is 1. The molecular formula is C33H46N4O6S. The maximum absolute atomic E-state index is 13.5. The molecular weight excluding hydrogens is 580 g/mol. The average molecular weight is 627 g/mol. The van der Waals surface area contributed by atoms with Crippen molar-refractivity contribution in [3.63, 3.8) is 0 Å². The number of thiazole rings is 1. The molecule has 4 unspecified atom stereocenters. The van der Waals surface area contributed by atoms with Crippen LogP contribution in [0.15, 0.2) is 35.8 Å². The van der Waals surface area contributed by atoms with E-state index in [1.54, 1.807) is 24.3 Å². The summed E-state index contributed by atoms with van der Waals surface area (Å²) in [5, 5.41) is 15.7. The quantitative estimate of drug-likeness (QED) is 0.210. The number of amides is 2. The summed E-state index contributed by atoms with van der Waals surface area (Å²) in [6.07, 6.45) is 2.72. The fourth-order valence-electron chi connectivity index (χ4n) is 5.55. The third-order valence-corrected chi connectivity index (χ3v) is 8.81. The number of benzene rings is 1. The second-order valence-corrected chi connectivity index (χ2v) is 13.3. The SMILES string of the molecule is CC(=O)OC(CC(C(C)C)N(C)C(=O)CC(C)C)c1nc(C(=O)NC(Cc2cn(C)c3ccccc23)CC(C)C(=O)O)cs1. The lowest BCUT2D eigenvalue weighted by molar-refractivity contribution is -0.148. The molecule has 44 heavy (non-hydrogen) atoms. The molecule has 10 nitrogen and oxygen atoms in total. The van der Waals surface area contributed by atoms with Gasteiger partial charge >= 0.3 is 11.9 Å². The van der Waals surface area contributed by atoms with Crippen LogP contribution in [0.2, 0.25) is 0 Å². The maximum atomic E-state index is 13.5. The number of ether oxygens (including phenoxy) is 1. The first-order chi connectivity index (χ1) is 20.7. The van der Waals surface area contributed by atoms with Gasteiger partial charge in [0.05, 0.1) is 5.92 Å². The van der Waals surface area contributed by atoms with Gasteiger partial charge in [-0.05, 0) is 36.3 Å². The number of nitrogens with zero attached hydrogens (tertiary/aromatic N) is 3. The normalized spacial score (nSPS) is 14.3. The standard InChI is InChI=1S/C33H46N4O6S/c1-19(2)13-30(39)37(8)28(20(3)4)16-29(43-22(6)38)32-35-26(18-44-32)31(40)34-24(14-21(5)33(41)42)15-23-17-36(7)27-12-10-9-11-25(23)27/h9-12,17-21,24,28-29H,13-16H2,1-8H3,(H,34,40)(H,41,42). The van der Waals surface area contributed by atoms with Gasteiger partial charge in [-0.25, -0.2) is 4.98 Å². The summed E-state index contributed by atoms with van der Waals surface area (Å²) in [5.74, 6) is -2.19. The van der Waals surface area contributed by atoms with E-state index in [2.05, 4.69) is 10.3 Å². The van der Waals surface area contributed by atoms with Crippen molar-refractivity contribution in [2.75, 3.05) is 7.05 Å². The van der Waals surface area contributed by atoms with Crippen molar-refractivity contribution in [2.24, 2.45) is 24.8 Å². The molecule has 11 heteroatoms. The molecule has 0 aliphatic rings. The van der Waals surface area contributed by atoms with Crippen molar-refractivity contribution in [2.45, 2.75) is 85.4 Å². The number of esters is 1. The minimum absolute atomic E-state index is 0.0207. The number of aliphatic carboxylic acids is 1. The summed E-state index contributed by atoms with van der Waals surface area (Å²) in [4.78, 5) is 56.4. The molecule has 0 bridgehead atoms. The fourth-order valence-corrected chi connectivity index (χ4v) is 6.39. The van der Waals surface area contributed by atoms with Crippen LogP contribution in [0.1, 0.15) is 88.0 Å². The van der Waals surface area contributed by atoms with Crippen LogP contribution < -0.4 is 5.32 Å². The van der Waals surface area contributed by atoms with Crippen molar-refractivity contribution in [3.05, 3.63) is 52.1 Å². The summed E-state index contributed by atoms with van der Waals surface area (Å²) >= 11 is 1.22. The Kier molecular flexibility index (Phi) is 12.1. The van der Waals surface area contributed by atoms with Gasteiger partial charge in [-0.15, -0.1) is 11.3 Å². The second-order valence-electron chi connectivity index (χ2n) is 12.5. The molecule has 0 spiro atoms. The van der Waals surface area contributed by atoms with Crippen LogP contribution in [0.3, 0.4) is 0 Å². The van der Waals surface area contributed by atoms with Gasteiger partial charge in [0, 0.05) is 68.4 Å². The van der Waals surface area contributed by atoms with Crippen LogP contribution in [0.4, 0.5) is 0 Å². The Balaban J connectivity index is 1.83. The van der Waals surface area contributed by atoms with Crippen molar-refractivity contribution < 1.29 is 29.0 Å². The zero-order valence-corrected chi connectivity index (χ0v) is 27.8. The molecule has 240 valence electrons. The van der Waals surface area contributed by atoms with Crippen molar-refractivity contribution >= 4 is 46.0 Å². The maximum Gasteiger partial charge on any atom is 0.306 e. The lowest BCUT2D eigenvalue weighted by Crippen LogP contribution is -2.42. The van der Waals surface area contributed by atoms with E-state index in [0.717, 1.165) is 16.5 Å². The van der Waals surface area contributed by atoms with Crippen LogP contribution >= 0.6 is 11.3 Å². The van der Waals surface area contributed by atoms with Gasteiger partial charge in [-0.3, -0.25) is 19.2 Å². The Morgan fingerprint density at radius 1 is 1.09 bits per heavy atom. The minimum atomic E-state index is -0.932. The molecule has 0 aliphatic heterocycles. The number of carbonyl (C=O) groups is 4. The minimum Gasteiger partial charge on any atom is -0.481 e. The van der Waals surface area contributed by atoms with Gasteiger partial charge in [0.1, 0.15) is 10.7 Å². The third-order valence-electron chi connectivity index (χ3n) is 7.88. The number of nitrogens with one attached hydrogen (secondary N) is 1. The number of hydrogen-bond donors (Lipinski definition) is 2. The number of carboxylic acids is 1. The lowest BCUT2D eigenvalue weighted by atomic mass is 9.95. The molecule has 0 aliphatic carbocycles. The van der Waals surface area contributed by atoms with Gasteiger partial charge in [0.15, 0.2) is 6.10 Å². The summed E-state index contributed by atoms with van der Waals surface area (Å²) in [6, 6.07) is 7.28. The number of carbonyl (C=O) groups excluding carboxylic acids is 3. The van der Waals surface area contributed by atoms with E-state index in [1.807, 2.05) is 69.8 Å². The van der Waals surface area contributed by atoms with Crippen LogP contribution in [0.5, 0.6) is 0 Å². The first-order valence-corrected chi connectivity index (χ1v) is 16.0. The summed E-state index contributed by atoms with van der Waals surface area (Å²) in [5.41, 5.74) is 2.23. The van der Waals surface area contributed by atoms with Crippen molar-refractivity contribution in [1.29, 1.82) is 0 Å². The highest BCUT2D eigenvalue weighted by molar-refractivity contribution is 7.09. The van der Waals surface area contributed by atoms with E-state index >= 15 is 0 Å². The van der Waals surface area contributed by atoms with Crippen LogP contribution in [-0.4, -0.2) is 62.4 Å². The highest BCUT2D eigenvalue weighted by Gasteiger charge is 2.31. The Labute approximate surface area is 263 Å². The van der Waals surface area contributed by atoms with Crippen LogP contribution in [0, 0.1) is 17.8 Å². The molecule has 2 N–H and O–H groups in total. The molecule has 3 rings (SSSR count). The zero-order valence-electron chi connectivity index (χ0n) is 27.0. The highest BCUT2D eigenvalue weighted by Crippen LogP contribution is 2.31. The molecule has 0 radical (unpaired) electrons. The molecule has 1 aromatic carbocycles. The smallest absolute Gasteiger partial charge is 0.306 e. The van der Waals surface area contributed by atoms with E-state index in [-0.39, 0.29) is 35.9 Å². The predicted octanol–water partition coefficient (Wildman–Crippen LogP) is 5.61. The Bertz CT molecular complexity index is 1460. The van der Waals surface area contributed by atoms with Gasteiger partial charge < -0.3 is 24.6 Å². The molecule has 4 atom stereocenters. The van der Waals surface area contributed by atoms with Crippen molar-refractivity contribution in [3.8, 4) is 0 Å². The number of rotatable bonds is 15. The van der Waals surface area contributed by atoms with Gasteiger partial charge in [-0.1, -0.05) is 52.8 Å². The largest absolute Gasteiger partial charge is 0.481 e. The summed E-state index contributed by atoms with van der Waals surface area (Å²) in [6.45, 7) is 11.0. The number of aryl methyl sites for hydroxylation is 1. The number of hydrogen-bond acceptors (Lipinski definition) is 7. The average Bonchev–Trinajstić information content (AvgIpc) is 3.55. The van der Waals surface area contributed by atoms with Crippen LogP contribution in [-0.2, 0) is 32.6 Å². The molecule has 2 aromatic heterocycles. The van der Waals surface area contributed by atoms with E-state index in [0.29, 0.717) is 24.3 Å². The van der Waals surface area contributed by atoms with E-state index < -0.39 is 35.9 Å². The Hall–Kier alpha value is -3.73. The Morgan fingerprint density at radius 3 is 2.39 bits per heavy atom. The van der Waals surface area contributed by atoms with E-state index in [1.165, 1.54) is 18.3 Å². The van der Waals surface area contributed by atoms with Crippen molar-refractivity contribution in [1.82, 2.24) is 19.8 Å². The number of para-hydroxylation sites is 1.